The molecule has 2 N–H and O–H groups in total. The van der Waals surface area contributed by atoms with Crippen molar-refractivity contribution < 1.29 is 28.8 Å². The minimum Gasteiger partial charge on any atom is -0.497 e. The van der Waals surface area contributed by atoms with Gasteiger partial charge in [0, 0.05) is 43.8 Å². The van der Waals surface area contributed by atoms with Crippen LogP contribution in [0.4, 0.5) is 0 Å². The molecule has 47 heavy (non-hydrogen) atoms. The number of fused-ring (bicyclic) bond motifs is 1. The van der Waals surface area contributed by atoms with Crippen molar-refractivity contribution in [1.29, 1.82) is 0 Å². The van der Waals surface area contributed by atoms with Gasteiger partial charge in [-0.25, -0.2) is 9.97 Å². The van der Waals surface area contributed by atoms with Gasteiger partial charge in [0.15, 0.2) is 6.29 Å². The number of benzene rings is 1. The lowest BCUT2D eigenvalue weighted by atomic mass is 10.1. The zero-order valence-electron chi connectivity index (χ0n) is 27.0. The quantitative estimate of drug-likeness (QED) is 0.171. The zero-order valence-corrected chi connectivity index (χ0v) is 27.8. The highest BCUT2D eigenvalue weighted by Gasteiger charge is 2.23. The molecule has 1 unspecified atom stereocenters. The van der Waals surface area contributed by atoms with Gasteiger partial charge in [-0.05, 0) is 56.9 Å². The average molecular weight is 662 g/mol. The normalized spacial score (nSPS) is 14.9. The molecule has 0 radical (unpaired) electrons. The molecular formula is C33H39N7O6S. The average Bonchev–Trinajstić information content (AvgIpc) is 3.81. The molecule has 5 aromatic rings. The summed E-state index contributed by atoms with van der Waals surface area (Å²) < 4.78 is 26.0. The molecule has 1 amide bonds. The van der Waals surface area contributed by atoms with Crippen molar-refractivity contribution in [2.24, 2.45) is 7.05 Å². The number of methoxy groups -OCH3 is 2. The first-order valence-corrected chi connectivity index (χ1v) is 16.4. The van der Waals surface area contributed by atoms with E-state index in [1.54, 1.807) is 44.3 Å². The number of aryl methyl sites for hydroxylation is 3. The number of aliphatic hydroxyl groups excluding tert-OH is 1. The summed E-state index contributed by atoms with van der Waals surface area (Å²) in [6.45, 7) is 3.87. The summed E-state index contributed by atoms with van der Waals surface area (Å²) in [7, 11) is 4.96. The first kappa shape index (κ1) is 32.6. The van der Waals surface area contributed by atoms with Crippen LogP contribution in [0.25, 0.3) is 33.0 Å². The highest BCUT2D eigenvalue weighted by molar-refractivity contribution is 7.15. The summed E-state index contributed by atoms with van der Waals surface area (Å²) in [5.74, 6) is 0.884. The van der Waals surface area contributed by atoms with Crippen LogP contribution in [0, 0.1) is 6.92 Å². The maximum Gasteiger partial charge on any atom is 0.270 e. The Morgan fingerprint density at radius 3 is 2.79 bits per heavy atom. The van der Waals surface area contributed by atoms with E-state index in [1.807, 2.05) is 29.8 Å². The Morgan fingerprint density at radius 2 is 2.02 bits per heavy atom. The van der Waals surface area contributed by atoms with Gasteiger partial charge in [-0.15, -0.1) is 11.3 Å². The number of carbonyl (C=O) groups excluding carboxylic acids is 1. The van der Waals surface area contributed by atoms with E-state index >= 15 is 0 Å². The van der Waals surface area contributed by atoms with Gasteiger partial charge in [-0.2, -0.15) is 10.2 Å². The molecule has 0 spiro atoms. The number of rotatable bonds is 13. The Bertz CT molecular complexity index is 1860. The minimum atomic E-state index is -0.372. The number of amides is 1. The maximum atomic E-state index is 13.5. The zero-order chi connectivity index (χ0) is 32.9. The summed E-state index contributed by atoms with van der Waals surface area (Å²) in [5.41, 5.74) is 4.37. The lowest BCUT2D eigenvalue weighted by Gasteiger charge is -2.22. The molecular weight excluding hydrogens is 622 g/mol. The number of pyridine rings is 1. The van der Waals surface area contributed by atoms with E-state index in [9.17, 15) is 9.90 Å². The van der Waals surface area contributed by atoms with E-state index in [0.29, 0.717) is 51.4 Å². The number of carbonyl (C=O) groups is 1. The predicted molar refractivity (Wildman–Crippen MR) is 176 cm³/mol. The highest BCUT2D eigenvalue weighted by atomic mass is 32.1. The van der Waals surface area contributed by atoms with E-state index in [-0.39, 0.29) is 31.0 Å². The third kappa shape index (κ3) is 7.15. The summed E-state index contributed by atoms with van der Waals surface area (Å²) >= 11 is 1.38. The molecule has 0 saturated carbocycles. The fourth-order valence-corrected chi connectivity index (χ4v) is 6.56. The molecule has 248 valence electrons. The number of aliphatic hydroxyl groups is 1. The Morgan fingerprint density at radius 1 is 1.15 bits per heavy atom. The molecule has 1 saturated heterocycles. The first-order valence-electron chi connectivity index (χ1n) is 15.6. The minimum absolute atomic E-state index is 0.129. The van der Waals surface area contributed by atoms with Crippen LogP contribution in [0.5, 0.6) is 11.5 Å². The van der Waals surface area contributed by atoms with E-state index in [4.69, 9.17) is 34.0 Å². The van der Waals surface area contributed by atoms with Crippen LogP contribution in [-0.4, -0.2) is 74.3 Å². The van der Waals surface area contributed by atoms with Gasteiger partial charge in [0.1, 0.15) is 33.6 Å². The van der Waals surface area contributed by atoms with Crippen LogP contribution in [0.1, 0.15) is 52.3 Å². The molecule has 1 atom stereocenters. The SMILES string of the molecule is COc1ccc(CNC(=O)c2cc3c(cnn3C)c(-c3nc(-c4cc(C)nn4CCCOC4CCCCO4)sc3CO)n2)c(OC)c1. The van der Waals surface area contributed by atoms with Crippen molar-refractivity contribution in [3.63, 3.8) is 0 Å². The van der Waals surface area contributed by atoms with Gasteiger partial charge in [-0.3, -0.25) is 14.2 Å². The van der Waals surface area contributed by atoms with Crippen LogP contribution < -0.4 is 14.8 Å². The fraction of sp³-hybridized carbons (Fsp3) is 0.424. The Balaban J connectivity index is 1.26. The van der Waals surface area contributed by atoms with Crippen molar-refractivity contribution in [3.05, 3.63) is 58.4 Å². The lowest BCUT2D eigenvalue weighted by Crippen LogP contribution is -2.24. The van der Waals surface area contributed by atoms with Gasteiger partial charge < -0.3 is 29.4 Å². The van der Waals surface area contributed by atoms with E-state index in [1.165, 1.54) is 11.3 Å². The summed E-state index contributed by atoms with van der Waals surface area (Å²) in [6.07, 6.45) is 5.47. The number of hydrogen-bond acceptors (Lipinski definition) is 11. The molecule has 4 aromatic heterocycles. The van der Waals surface area contributed by atoms with Crippen molar-refractivity contribution >= 4 is 28.1 Å². The number of aromatic nitrogens is 6. The van der Waals surface area contributed by atoms with Crippen molar-refractivity contribution in [2.75, 3.05) is 27.4 Å². The van der Waals surface area contributed by atoms with Gasteiger partial charge in [0.05, 0.1) is 55.4 Å². The van der Waals surface area contributed by atoms with Crippen molar-refractivity contribution in [3.8, 4) is 33.6 Å². The summed E-state index contributed by atoms with van der Waals surface area (Å²) in [4.78, 5) is 23.9. The van der Waals surface area contributed by atoms with Gasteiger partial charge in [-0.1, -0.05) is 0 Å². The number of ether oxygens (including phenoxy) is 4. The lowest BCUT2D eigenvalue weighted by molar-refractivity contribution is -0.163. The molecule has 1 aliphatic heterocycles. The number of hydrogen-bond donors (Lipinski definition) is 2. The van der Waals surface area contributed by atoms with E-state index in [2.05, 4.69) is 10.4 Å². The third-order valence-electron chi connectivity index (χ3n) is 8.05. The molecule has 1 fully saturated rings. The molecule has 13 nitrogen and oxygen atoms in total. The Labute approximate surface area is 276 Å². The van der Waals surface area contributed by atoms with Gasteiger partial charge >= 0.3 is 0 Å². The van der Waals surface area contributed by atoms with E-state index < -0.39 is 0 Å². The molecule has 1 aromatic carbocycles. The topological polar surface area (TPSA) is 148 Å². The molecule has 1 aliphatic rings. The highest BCUT2D eigenvalue weighted by Crippen LogP contribution is 2.37. The Hall–Kier alpha value is -4.37. The molecule has 5 heterocycles. The van der Waals surface area contributed by atoms with Crippen LogP contribution in [0.3, 0.4) is 0 Å². The second kappa shape index (κ2) is 14.6. The molecule has 0 aliphatic carbocycles. The predicted octanol–water partition coefficient (Wildman–Crippen LogP) is 4.64. The third-order valence-corrected chi connectivity index (χ3v) is 9.12. The number of nitrogens with one attached hydrogen (secondary N) is 1. The smallest absolute Gasteiger partial charge is 0.270 e. The van der Waals surface area contributed by atoms with E-state index in [0.717, 1.165) is 54.6 Å². The Kier molecular flexibility index (Phi) is 10.1. The second-order valence-electron chi connectivity index (χ2n) is 11.3. The van der Waals surface area contributed by atoms with Gasteiger partial charge in [0.2, 0.25) is 0 Å². The summed E-state index contributed by atoms with van der Waals surface area (Å²) in [5, 5.41) is 23.9. The molecule has 14 heteroatoms. The second-order valence-corrected chi connectivity index (χ2v) is 12.4. The molecule has 6 rings (SSSR count). The summed E-state index contributed by atoms with van der Waals surface area (Å²) in [6, 6.07) is 9.11. The monoisotopic (exact) mass is 661 g/mol. The van der Waals surface area contributed by atoms with Crippen molar-refractivity contribution in [1.82, 2.24) is 34.8 Å². The van der Waals surface area contributed by atoms with Gasteiger partial charge in [0.25, 0.3) is 5.91 Å². The number of nitrogens with zero attached hydrogens (tertiary/aromatic N) is 6. The van der Waals surface area contributed by atoms with Crippen LogP contribution in [0.2, 0.25) is 0 Å². The van der Waals surface area contributed by atoms with Crippen LogP contribution in [-0.2, 0) is 36.2 Å². The fourth-order valence-electron chi connectivity index (χ4n) is 5.62. The first-order chi connectivity index (χ1) is 22.9. The van der Waals surface area contributed by atoms with Crippen LogP contribution in [0.15, 0.2) is 36.5 Å². The number of thiazole rings is 1. The molecule has 0 bridgehead atoms. The standard InChI is InChI=1S/C33H39N7O6S/c1-20-14-26(40(38-20)11-7-13-46-29-8-5-6-12-45-29)33-37-31(28(19-41)47-33)30-23-18-35-39(2)25(23)16-24(36-30)32(42)34-17-21-9-10-22(43-3)15-27(21)44-4/h9-10,14-16,18,29,41H,5-8,11-13,17,19H2,1-4H3,(H,34,42). The largest absolute Gasteiger partial charge is 0.497 e. The maximum absolute atomic E-state index is 13.5. The van der Waals surface area contributed by atoms with Crippen molar-refractivity contribution in [2.45, 2.75) is 58.6 Å². The van der Waals surface area contributed by atoms with Crippen LogP contribution >= 0.6 is 11.3 Å².